The third-order valence-electron chi connectivity index (χ3n) is 4.85. The molecule has 0 saturated carbocycles. The average molecular weight is 366 g/mol. The second-order valence-electron chi connectivity index (χ2n) is 6.46. The molecule has 1 fully saturated rings. The van der Waals surface area contributed by atoms with Crippen molar-refractivity contribution in [3.8, 4) is 11.5 Å². The lowest BCUT2D eigenvalue weighted by atomic mass is 10.1. The molecule has 0 bridgehead atoms. The van der Waals surface area contributed by atoms with Gasteiger partial charge in [0, 0.05) is 30.9 Å². The van der Waals surface area contributed by atoms with Crippen LogP contribution in [0.2, 0.25) is 0 Å². The fourth-order valence-electron chi connectivity index (χ4n) is 3.41. The van der Waals surface area contributed by atoms with Crippen LogP contribution in [-0.2, 0) is 4.74 Å². The average Bonchev–Trinajstić information content (AvgIpc) is 3.04. The van der Waals surface area contributed by atoms with E-state index in [0.29, 0.717) is 28.4 Å². The number of ketones is 1. The summed E-state index contributed by atoms with van der Waals surface area (Å²) in [4.78, 5) is 15.1. The third kappa shape index (κ3) is 3.36. The summed E-state index contributed by atoms with van der Waals surface area (Å²) < 4.78 is 16.0. The number of fused-ring (bicyclic) bond motifs is 1. The second kappa shape index (κ2) is 7.32. The molecule has 1 saturated heterocycles. The number of rotatable bonds is 4. The number of hydrogen-bond donors (Lipinski definition) is 1. The highest BCUT2D eigenvalue weighted by Crippen LogP contribution is 2.39. The van der Waals surface area contributed by atoms with Crippen LogP contribution in [0.5, 0.6) is 11.5 Å². The molecule has 0 amide bonds. The highest BCUT2D eigenvalue weighted by atomic mass is 16.5. The predicted molar refractivity (Wildman–Crippen MR) is 105 cm³/mol. The zero-order valence-corrected chi connectivity index (χ0v) is 15.5. The van der Waals surface area contributed by atoms with Crippen molar-refractivity contribution in [3.05, 3.63) is 53.2 Å². The molecule has 2 aliphatic heterocycles. The van der Waals surface area contributed by atoms with Crippen LogP contribution in [0.1, 0.15) is 15.9 Å². The lowest BCUT2D eigenvalue weighted by Crippen LogP contribution is -2.36. The summed E-state index contributed by atoms with van der Waals surface area (Å²) in [7, 11) is 3.14. The molecule has 2 aliphatic rings. The highest BCUT2D eigenvalue weighted by Gasteiger charge is 2.29. The summed E-state index contributed by atoms with van der Waals surface area (Å²) in [6.45, 7) is 3.32. The molecular formula is C21H22N2O4. The van der Waals surface area contributed by atoms with Crippen LogP contribution in [0.3, 0.4) is 0 Å². The Balaban J connectivity index is 1.58. The molecule has 2 aromatic rings. The van der Waals surface area contributed by atoms with Gasteiger partial charge < -0.3 is 24.4 Å². The number of nitrogens with zero attached hydrogens (tertiary/aromatic N) is 1. The Morgan fingerprint density at radius 2 is 1.81 bits per heavy atom. The zero-order valence-electron chi connectivity index (χ0n) is 15.5. The van der Waals surface area contributed by atoms with Gasteiger partial charge in [-0.15, -0.1) is 0 Å². The molecule has 2 aromatic carbocycles. The number of anilines is 2. The largest absolute Gasteiger partial charge is 0.497 e. The van der Waals surface area contributed by atoms with E-state index in [9.17, 15) is 4.79 Å². The molecule has 0 spiro atoms. The first-order valence-electron chi connectivity index (χ1n) is 8.92. The molecule has 1 N–H and O–H groups in total. The van der Waals surface area contributed by atoms with Gasteiger partial charge in [0.05, 0.1) is 44.4 Å². The van der Waals surface area contributed by atoms with E-state index < -0.39 is 0 Å². The normalized spacial score (nSPS) is 17.6. The lowest BCUT2D eigenvalue weighted by molar-refractivity contribution is 0.104. The Morgan fingerprint density at radius 3 is 2.48 bits per heavy atom. The molecule has 0 atom stereocenters. The van der Waals surface area contributed by atoms with E-state index in [2.05, 4.69) is 22.3 Å². The van der Waals surface area contributed by atoms with Crippen LogP contribution in [0, 0.1) is 0 Å². The van der Waals surface area contributed by atoms with Gasteiger partial charge in [0.25, 0.3) is 0 Å². The van der Waals surface area contributed by atoms with Gasteiger partial charge in [-0.3, -0.25) is 4.79 Å². The van der Waals surface area contributed by atoms with Crippen molar-refractivity contribution in [3.63, 3.8) is 0 Å². The number of morpholine rings is 1. The first kappa shape index (κ1) is 17.4. The van der Waals surface area contributed by atoms with E-state index in [1.54, 1.807) is 26.4 Å². The first-order chi connectivity index (χ1) is 13.2. The first-order valence-corrected chi connectivity index (χ1v) is 8.92. The van der Waals surface area contributed by atoms with Gasteiger partial charge in [-0.2, -0.15) is 0 Å². The topological polar surface area (TPSA) is 60.0 Å². The Labute approximate surface area is 158 Å². The van der Waals surface area contributed by atoms with E-state index >= 15 is 0 Å². The van der Waals surface area contributed by atoms with Crippen molar-refractivity contribution >= 4 is 23.2 Å². The number of allylic oxidation sites excluding steroid dienone is 1. The summed E-state index contributed by atoms with van der Waals surface area (Å²) in [5.74, 6) is 1.07. The molecular weight excluding hydrogens is 344 g/mol. The summed E-state index contributed by atoms with van der Waals surface area (Å²) in [6.07, 6.45) is 1.86. The molecule has 0 aromatic heterocycles. The van der Waals surface area contributed by atoms with E-state index in [4.69, 9.17) is 14.2 Å². The predicted octanol–water partition coefficient (Wildman–Crippen LogP) is 3.19. The van der Waals surface area contributed by atoms with Gasteiger partial charge in [0.1, 0.15) is 11.5 Å². The number of carbonyl (C=O) groups is 1. The molecule has 27 heavy (non-hydrogen) atoms. The smallest absolute Gasteiger partial charge is 0.215 e. The number of nitrogens with one attached hydrogen (secondary N) is 1. The van der Waals surface area contributed by atoms with Crippen molar-refractivity contribution in [1.82, 2.24) is 0 Å². The summed E-state index contributed by atoms with van der Waals surface area (Å²) >= 11 is 0. The molecule has 0 aliphatic carbocycles. The number of methoxy groups -OCH3 is 2. The fourth-order valence-corrected chi connectivity index (χ4v) is 3.41. The van der Waals surface area contributed by atoms with Crippen LogP contribution < -0.4 is 19.7 Å². The van der Waals surface area contributed by atoms with Crippen LogP contribution >= 0.6 is 0 Å². The Hall–Kier alpha value is -2.99. The number of ether oxygens (including phenoxy) is 3. The van der Waals surface area contributed by atoms with Crippen molar-refractivity contribution in [1.29, 1.82) is 0 Å². The molecule has 0 radical (unpaired) electrons. The third-order valence-corrected chi connectivity index (χ3v) is 4.85. The van der Waals surface area contributed by atoms with Gasteiger partial charge in [-0.25, -0.2) is 0 Å². The number of carbonyl (C=O) groups excluding carboxylic acids is 1. The van der Waals surface area contributed by atoms with Gasteiger partial charge in [0.2, 0.25) is 5.78 Å². The number of benzene rings is 2. The Bertz CT molecular complexity index is 884. The Morgan fingerprint density at radius 1 is 1.07 bits per heavy atom. The maximum atomic E-state index is 12.8. The molecule has 140 valence electrons. The summed E-state index contributed by atoms with van der Waals surface area (Å²) in [5, 5.41) is 3.18. The molecule has 6 nitrogen and oxygen atoms in total. The molecule has 2 heterocycles. The summed E-state index contributed by atoms with van der Waals surface area (Å²) in [5.41, 5.74) is 3.89. The quantitative estimate of drug-likeness (QED) is 0.839. The second-order valence-corrected chi connectivity index (χ2v) is 6.46. The van der Waals surface area contributed by atoms with E-state index in [1.807, 2.05) is 18.2 Å². The van der Waals surface area contributed by atoms with Crippen molar-refractivity contribution in [2.75, 3.05) is 50.7 Å². The zero-order chi connectivity index (χ0) is 18.8. The minimum absolute atomic E-state index is 0.0817. The van der Waals surface area contributed by atoms with Crippen molar-refractivity contribution in [2.24, 2.45) is 0 Å². The minimum atomic E-state index is -0.0817. The van der Waals surface area contributed by atoms with Gasteiger partial charge in [-0.05, 0) is 23.8 Å². The van der Waals surface area contributed by atoms with E-state index in [1.165, 1.54) is 5.69 Å². The van der Waals surface area contributed by atoms with Gasteiger partial charge in [-0.1, -0.05) is 12.1 Å². The van der Waals surface area contributed by atoms with Crippen LogP contribution in [0.15, 0.2) is 42.1 Å². The monoisotopic (exact) mass is 366 g/mol. The van der Waals surface area contributed by atoms with Crippen molar-refractivity contribution in [2.45, 2.75) is 0 Å². The maximum absolute atomic E-state index is 12.8. The molecule has 6 heteroatoms. The van der Waals surface area contributed by atoms with E-state index in [-0.39, 0.29) is 5.78 Å². The minimum Gasteiger partial charge on any atom is -0.497 e. The fraction of sp³-hybridized carbons (Fsp3) is 0.286. The lowest BCUT2D eigenvalue weighted by Gasteiger charge is -2.28. The maximum Gasteiger partial charge on any atom is 0.215 e. The molecule has 4 rings (SSSR count). The number of hydrogen-bond acceptors (Lipinski definition) is 6. The van der Waals surface area contributed by atoms with E-state index in [0.717, 1.165) is 31.9 Å². The molecule has 0 unspecified atom stereocenters. The number of Topliss-reactive ketones (excluding diaryl/α,β-unsaturated/α-hetero) is 1. The van der Waals surface area contributed by atoms with Crippen LogP contribution in [0.25, 0.3) is 6.08 Å². The van der Waals surface area contributed by atoms with Gasteiger partial charge >= 0.3 is 0 Å². The van der Waals surface area contributed by atoms with Crippen LogP contribution in [-0.4, -0.2) is 46.3 Å². The van der Waals surface area contributed by atoms with Gasteiger partial charge in [0.15, 0.2) is 0 Å². The van der Waals surface area contributed by atoms with Crippen LogP contribution in [0.4, 0.5) is 11.4 Å². The van der Waals surface area contributed by atoms with Crippen molar-refractivity contribution < 1.29 is 19.0 Å². The standard InChI is InChI=1S/C21H22N2O4/c1-25-16-12-17-20(19(13-16)26-2)21(24)18(22-17)11-14-3-5-15(6-4-14)23-7-9-27-10-8-23/h3-6,11-13,22H,7-10H2,1-2H3/b18-11-. The SMILES string of the molecule is COc1cc2c(c(OC)c1)C(=O)/C(=C/c1ccc(N3CCOCC3)cc1)N2. The Kier molecular flexibility index (Phi) is 4.73. The highest BCUT2D eigenvalue weighted by molar-refractivity contribution is 6.22. The summed E-state index contributed by atoms with van der Waals surface area (Å²) in [6, 6.07) is 11.7.